The maximum absolute atomic E-state index is 11.2. The average molecular weight is 196 g/mol. The number of benzene rings is 1. The Morgan fingerprint density at radius 2 is 2.15 bits per heavy atom. The first-order valence-corrected chi connectivity index (χ1v) is 4.67. The summed E-state index contributed by atoms with van der Waals surface area (Å²) in [7, 11) is 0. The van der Waals surface area contributed by atoms with Gasteiger partial charge in [-0.05, 0) is 29.7 Å². The first-order valence-electron chi connectivity index (χ1n) is 4.30. The van der Waals surface area contributed by atoms with E-state index in [1.54, 1.807) is 0 Å². The molecule has 0 atom stereocenters. The molecule has 1 N–H and O–H groups in total. The highest BCUT2D eigenvalue weighted by Crippen LogP contribution is 2.18. The molecule has 0 aliphatic carbocycles. The number of nitrogens with one attached hydrogen (secondary N) is 1. The van der Waals surface area contributed by atoms with E-state index < -0.39 is 0 Å². The van der Waals surface area contributed by atoms with E-state index in [1.807, 2.05) is 18.2 Å². The van der Waals surface area contributed by atoms with Crippen molar-refractivity contribution in [2.24, 2.45) is 0 Å². The second kappa shape index (κ2) is 3.38. The van der Waals surface area contributed by atoms with Crippen LogP contribution in [0.3, 0.4) is 0 Å². The van der Waals surface area contributed by atoms with Gasteiger partial charge in [0.05, 0.1) is 6.42 Å². The van der Waals surface area contributed by atoms with Crippen LogP contribution in [0.1, 0.15) is 11.1 Å². The lowest BCUT2D eigenvalue weighted by Crippen LogP contribution is -2.24. The summed E-state index contributed by atoms with van der Waals surface area (Å²) in [5.41, 5.74) is 2.28. The number of rotatable bonds is 0. The van der Waals surface area contributed by atoms with Gasteiger partial charge >= 0.3 is 0 Å². The fourth-order valence-corrected chi connectivity index (χ4v) is 1.77. The van der Waals surface area contributed by atoms with Gasteiger partial charge in [0.15, 0.2) is 0 Å². The van der Waals surface area contributed by atoms with Gasteiger partial charge in [-0.1, -0.05) is 17.7 Å². The van der Waals surface area contributed by atoms with Gasteiger partial charge in [-0.3, -0.25) is 4.79 Å². The lowest BCUT2D eigenvalue weighted by atomic mass is 10.0. The highest BCUT2D eigenvalue weighted by Gasteiger charge is 2.12. The molecule has 0 aromatic heterocycles. The molecule has 3 heteroatoms. The van der Waals surface area contributed by atoms with Crippen molar-refractivity contribution < 1.29 is 4.79 Å². The Morgan fingerprint density at radius 1 is 1.31 bits per heavy atom. The molecule has 68 valence electrons. The zero-order valence-corrected chi connectivity index (χ0v) is 7.90. The van der Waals surface area contributed by atoms with Crippen LogP contribution in [-0.4, -0.2) is 12.5 Å². The van der Waals surface area contributed by atoms with E-state index in [2.05, 4.69) is 5.32 Å². The minimum absolute atomic E-state index is 0.0982. The molecule has 1 aliphatic rings. The summed E-state index contributed by atoms with van der Waals surface area (Å²) in [6.45, 7) is 0.714. The molecule has 0 spiro atoms. The molecular weight excluding hydrogens is 186 g/mol. The van der Waals surface area contributed by atoms with Crippen LogP contribution < -0.4 is 5.32 Å². The number of carbonyl (C=O) groups excluding carboxylic acids is 1. The fraction of sp³-hybridized carbons (Fsp3) is 0.300. The maximum Gasteiger partial charge on any atom is 0.224 e. The van der Waals surface area contributed by atoms with Crippen LogP contribution in [0.5, 0.6) is 0 Å². The van der Waals surface area contributed by atoms with E-state index in [1.165, 1.54) is 5.56 Å². The normalized spacial score (nSPS) is 15.9. The predicted molar refractivity (Wildman–Crippen MR) is 51.9 cm³/mol. The zero-order valence-electron chi connectivity index (χ0n) is 7.14. The van der Waals surface area contributed by atoms with Crippen molar-refractivity contribution in [1.29, 1.82) is 0 Å². The van der Waals surface area contributed by atoms with Gasteiger partial charge < -0.3 is 5.32 Å². The third-order valence-electron chi connectivity index (χ3n) is 2.24. The first kappa shape index (κ1) is 8.57. The standard InChI is InChI=1S/C10H10ClNO/c11-9-2-1-7-6-10(13)12-4-3-8(7)5-9/h1-2,5H,3-4,6H2,(H,12,13). The van der Waals surface area contributed by atoms with Crippen LogP contribution in [0.15, 0.2) is 18.2 Å². The van der Waals surface area contributed by atoms with E-state index in [0.717, 1.165) is 17.0 Å². The number of halogens is 1. The Hall–Kier alpha value is -1.02. The van der Waals surface area contributed by atoms with Crippen molar-refractivity contribution in [1.82, 2.24) is 5.32 Å². The molecule has 2 nitrogen and oxygen atoms in total. The molecule has 1 aromatic rings. The van der Waals surface area contributed by atoms with Crippen molar-refractivity contribution in [3.8, 4) is 0 Å². The van der Waals surface area contributed by atoms with Gasteiger partial charge in [0.25, 0.3) is 0 Å². The van der Waals surface area contributed by atoms with Gasteiger partial charge in [-0.2, -0.15) is 0 Å². The molecule has 0 saturated carbocycles. The number of hydrogen-bond acceptors (Lipinski definition) is 1. The SMILES string of the molecule is O=C1Cc2ccc(Cl)cc2CCN1. The van der Waals surface area contributed by atoms with E-state index in [-0.39, 0.29) is 5.91 Å². The van der Waals surface area contributed by atoms with E-state index in [4.69, 9.17) is 11.6 Å². The summed E-state index contributed by atoms with van der Waals surface area (Å²) in [5, 5.41) is 3.57. The van der Waals surface area contributed by atoms with Crippen molar-refractivity contribution in [2.45, 2.75) is 12.8 Å². The second-order valence-corrected chi connectivity index (χ2v) is 3.63. The highest BCUT2D eigenvalue weighted by atomic mass is 35.5. The van der Waals surface area contributed by atoms with Crippen LogP contribution >= 0.6 is 11.6 Å². The van der Waals surface area contributed by atoms with Crippen molar-refractivity contribution in [3.05, 3.63) is 34.3 Å². The summed E-state index contributed by atoms with van der Waals surface area (Å²) in [6.07, 6.45) is 1.36. The second-order valence-electron chi connectivity index (χ2n) is 3.19. The summed E-state index contributed by atoms with van der Waals surface area (Å²) < 4.78 is 0. The van der Waals surface area contributed by atoms with Gasteiger partial charge in [-0.25, -0.2) is 0 Å². The molecule has 1 aliphatic heterocycles. The Morgan fingerprint density at radius 3 is 3.00 bits per heavy atom. The molecule has 0 bridgehead atoms. The highest BCUT2D eigenvalue weighted by molar-refractivity contribution is 6.30. The molecule has 2 rings (SSSR count). The molecular formula is C10H10ClNO. The van der Waals surface area contributed by atoms with Gasteiger partial charge in [0.2, 0.25) is 5.91 Å². The minimum atomic E-state index is 0.0982. The molecule has 13 heavy (non-hydrogen) atoms. The number of hydrogen-bond donors (Lipinski definition) is 1. The minimum Gasteiger partial charge on any atom is -0.355 e. The monoisotopic (exact) mass is 195 g/mol. The van der Waals surface area contributed by atoms with Crippen LogP contribution in [0.4, 0.5) is 0 Å². The molecule has 1 aromatic carbocycles. The van der Waals surface area contributed by atoms with Crippen molar-refractivity contribution in [3.63, 3.8) is 0 Å². The van der Waals surface area contributed by atoms with Crippen LogP contribution in [0.2, 0.25) is 5.02 Å². The van der Waals surface area contributed by atoms with E-state index >= 15 is 0 Å². The first-order chi connectivity index (χ1) is 6.25. The van der Waals surface area contributed by atoms with Crippen molar-refractivity contribution in [2.75, 3.05) is 6.54 Å². The third kappa shape index (κ3) is 1.83. The van der Waals surface area contributed by atoms with E-state index in [0.29, 0.717) is 13.0 Å². The number of fused-ring (bicyclic) bond motifs is 1. The third-order valence-corrected chi connectivity index (χ3v) is 2.47. The van der Waals surface area contributed by atoms with Gasteiger partial charge in [-0.15, -0.1) is 0 Å². The molecule has 0 saturated heterocycles. The lowest BCUT2D eigenvalue weighted by Gasteiger charge is -2.03. The van der Waals surface area contributed by atoms with Crippen molar-refractivity contribution >= 4 is 17.5 Å². The molecule has 0 fully saturated rings. The Bertz CT molecular complexity index is 349. The molecule has 0 radical (unpaired) electrons. The summed E-state index contributed by atoms with van der Waals surface area (Å²) in [5.74, 6) is 0.0982. The molecule has 1 amide bonds. The predicted octanol–water partition coefficient (Wildman–Crippen LogP) is 1.55. The van der Waals surface area contributed by atoms with Crippen LogP contribution in [-0.2, 0) is 17.6 Å². The summed E-state index contributed by atoms with van der Waals surface area (Å²) in [4.78, 5) is 11.2. The van der Waals surface area contributed by atoms with Crippen LogP contribution in [0.25, 0.3) is 0 Å². The smallest absolute Gasteiger partial charge is 0.224 e. The van der Waals surface area contributed by atoms with Gasteiger partial charge in [0.1, 0.15) is 0 Å². The maximum atomic E-state index is 11.2. The average Bonchev–Trinajstić information content (AvgIpc) is 2.25. The fourth-order valence-electron chi connectivity index (χ4n) is 1.57. The Labute approximate surface area is 81.9 Å². The van der Waals surface area contributed by atoms with E-state index in [9.17, 15) is 4.79 Å². The molecule has 1 heterocycles. The summed E-state index contributed by atoms with van der Waals surface area (Å²) >= 11 is 5.86. The Kier molecular flexibility index (Phi) is 2.23. The summed E-state index contributed by atoms with van der Waals surface area (Å²) in [6, 6.07) is 5.71. The number of amides is 1. The van der Waals surface area contributed by atoms with Gasteiger partial charge in [0, 0.05) is 11.6 Å². The zero-order chi connectivity index (χ0) is 9.26. The largest absolute Gasteiger partial charge is 0.355 e. The number of carbonyl (C=O) groups is 1. The van der Waals surface area contributed by atoms with Crippen LogP contribution in [0, 0.1) is 0 Å². The lowest BCUT2D eigenvalue weighted by molar-refractivity contribution is -0.120. The topological polar surface area (TPSA) is 29.1 Å². The quantitative estimate of drug-likeness (QED) is 0.669. The molecule has 0 unspecified atom stereocenters. The Balaban J connectivity index is 2.40.